The van der Waals surface area contributed by atoms with Crippen molar-refractivity contribution in [2.75, 3.05) is 0 Å². The lowest BCUT2D eigenvalue weighted by atomic mass is 10.2. The molecule has 0 bridgehead atoms. The van der Waals surface area contributed by atoms with Crippen molar-refractivity contribution < 1.29 is 5.11 Å². The van der Waals surface area contributed by atoms with Crippen molar-refractivity contribution >= 4 is 44.4 Å². The number of aliphatic hydroxyl groups is 1. The van der Waals surface area contributed by atoms with Crippen LogP contribution in [0.5, 0.6) is 0 Å². The normalized spacial score (nSPS) is 13.1. The van der Waals surface area contributed by atoms with Gasteiger partial charge in [-0.3, -0.25) is 0 Å². The van der Waals surface area contributed by atoms with Gasteiger partial charge in [0.15, 0.2) is 0 Å². The summed E-state index contributed by atoms with van der Waals surface area (Å²) in [7, 11) is 0. The van der Waals surface area contributed by atoms with Crippen molar-refractivity contribution in [3.8, 4) is 0 Å². The molecule has 1 unspecified atom stereocenters. The van der Waals surface area contributed by atoms with E-state index in [4.69, 9.17) is 11.6 Å². The van der Waals surface area contributed by atoms with E-state index in [0.717, 1.165) is 19.7 Å². The number of benzene rings is 1. The van der Waals surface area contributed by atoms with Gasteiger partial charge in [-0.25, -0.2) is 0 Å². The third kappa shape index (κ3) is 2.08. The van der Waals surface area contributed by atoms with Crippen molar-refractivity contribution in [2.24, 2.45) is 0 Å². The SMILES string of the molecule is Cc1cc(C(O)c2cc3ccccc3s2)sc1Cl. The Kier molecular flexibility index (Phi) is 3.16. The van der Waals surface area contributed by atoms with Gasteiger partial charge >= 0.3 is 0 Å². The van der Waals surface area contributed by atoms with Gasteiger partial charge in [-0.2, -0.15) is 0 Å². The average Bonchev–Trinajstić information content (AvgIpc) is 2.93. The molecule has 0 aliphatic carbocycles. The Morgan fingerprint density at radius 3 is 2.50 bits per heavy atom. The fraction of sp³-hybridized carbons (Fsp3) is 0.143. The molecule has 2 heterocycles. The highest BCUT2D eigenvalue weighted by molar-refractivity contribution is 7.19. The van der Waals surface area contributed by atoms with E-state index in [0.29, 0.717) is 0 Å². The van der Waals surface area contributed by atoms with Gasteiger partial charge in [0, 0.05) is 14.5 Å². The first kappa shape index (κ1) is 12.2. The Labute approximate surface area is 118 Å². The fourth-order valence-corrected chi connectivity index (χ4v) is 4.26. The van der Waals surface area contributed by atoms with Gasteiger partial charge in [-0.1, -0.05) is 29.8 Å². The summed E-state index contributed by atoms with van der Waals surface area (Å²) in [5.74, 6) is 0. The summed E-state index contributed by atoms with van der Waals surface area (Å²) in [5.41, 5.74) is 1.02. The molecule has 3 rings (SSSR count). The lowest BCUT2D eigenvalue weighted by Crippen LogP contribution is -1.92. The molecule has 1 N–H and O–H groups in total. The molecule has 0 saturated heterocycles. The summed E-state index contributed by atoms with van der Waals surface area (Å²) in [6, 6.07) is 12.2. The number of hydrogen-bond donors (Lipinski definition) is 1. The summed E-state index contributed by atoms with van der Waals surface area (Å²) in [4.78, 5) is 1.87. The summed E-state index contributed by atoms with van der Waals surface area (Å²) < 4.78 is 1.95. The number of aryl methyl sites for hydroxylation is 1. The minimum Gasteiger partial charge on any atom is -0.382 e. The molecule has 1 nitrogen and oxygen atoms in total. The second-order valence-corrected chi connectivity index (χ2v) is 7.00. The van der Waals surface area contributed by atoms with Crippen LogP contribution in [0.15, 0.2) is 36.4 Å². The lowest BCUT2D eigenvalue weighted by molar-refractivity contribution is 0.228. The molecule has 3 aromatic rings. The van der Waals surface area contributed by atoms with Crippen molar-refractivity contribution in [1.82, 2.24) is 0 Å². The molecule has 0 radical (unpaired) electrons. The molecule has 0 aliphatic heterocycles. The zero-order valence-electron chi connectivity index (χ0n) is 9.68. The molecule has 2 aromatic heterocycles. The van der Waals surface area contributed by atoms with Crippen LogP contribution in [-0.2, 0) is 0 Å². The monoisotopic (exact) mass is 294 g/mol. The molecule has 1 aromatic carbocycles. The fourth-order valence-electron chi connectivity index (χ4n) is 1.90. The quantitative estimate of drug-likeness (QED) is 0.704. The number of fused-ring (bicyclic) bond motifs is 1. The maximum absolute atomic E-state index is 10.4. The maximum atomic E-state index is 10.4. The van der Waals surface area contributed by atoms with Crippen LogP contribution in [0.25, 0.3) is 10.1 Å². The van der Waals surface area contributed by atoms with E-state index < -0.39 is 6.10 Å². The highest BCUT2D eigenvalue weighted by Crippen LogP contribution is 2.38. The highest BCUT2D eigenvalue weighted by atomic mass is 35.5. The Balaban J connectivity index is 2.03. The predicted molar refractivity (Wildman–Crippen MR) is 80.0 cm³/mol. The van der Waals surface area contributed by atoms with Crippen LogP contribution in [0.3, 0.4) is 0 Å². The first-order valence-corrected chi connectivity index (χ1v) is 7.58. The summed E-state index contributed by atoms with van der Waals surface area (Å²) in [6.45, 7) is 1.96. The van der Waals surface area contributed by atoms with Gasteiger partial charge in [0.1, 0.15) is 6.10 Å². The third-order valence-corrected chi connectivity index (χ3v) is 5.64. The van der Waals surface area contributed by atoms with E-state index in [-0.39, 0.29) is 0 Å². The third-order valence-electron chi connectivity index (χ3n) is 2.86. The first-order chi connectivity index (χ1) is 8.65. The second-order valence-electron chi connectivity index (χ2n) is 4.19. The predicted octanol–water partition coefficient (Wildman–Crippen LogP) is 5.01. The van der Waals surface area contributed by atoms with Crippen LogP contribution >= 0.6 is 34.3 Å². The molecule has 4 heteroatoms. The van der Waals surface area contributed by atoms with Crippen LogP contribution in [0.2, 0.25) is 4.34 Å². The van der Waals surface area contributed by atoms with Gasteiger partial charge in [-0.15, -0.1) is 22.7 Å². The summed E-state index contributed by atoms with van der Waals surface area (Å²) in [5, 5.41) is 11.6. The zero-order valence-corrected chi connectivity index (χ0v) is 12.1. The van der Waals surface area contributed by atoms with Crippen LogP contribution in [0.1, 0.15) is 21.4 Å². The standard InChI is InChI=1S/C14H11ClOS2/c1-8-6-11(18-14(8)15)13(16)12-7-9-4-2-3-5-10(9)17-12/h2-7,13,16H,1H3. The topological polar surface area (TPSA) is 20.2 Å². The number of rotatable bonds is 2. The molecule has 0 aliphatic rings. The van der Waals surface area contributed by atoms with Gasteiger partial charge in [-0.05, 0) is 36.1 Å². The summed E-state index contributed by atoms with van der Waals surface area (Å²) in [6.07, 6.45) is -0.571. The molecule has 18 heavy (non-hydrogen) atoms. The zero-order chi connectivity index (χ0) is 12.7. The first-order valence-electron chi connectivity index (χ1n) is 5.57. The molecule has 1 atom stereocenters. The van der Waals surface area contributed by atoms with Crippen molar-refractivity contribution in [3.63, 3.8) is 0 Å². The Morgan fingerprint density at radius 1 is 1.11 bits per heavy atom. The Bertz CT molecular complexity index is 646. The molecular weight excluding hydrogens is 284 g/mol. The van der Waals surface area contributed by atoms with Crippen LogP contribution in [-0.4, -0.2) is 5.11 Å². The van der Waals surface area contributed by atoms with Gasteiger partial charge < -0.3 is 5.11 Å². The second kappa shape index (κ2) is 4.67. The van der Waals surface area contributed by atoms with E-state index in [2.05, 4.69) is 12.1 Å². The molecule has 0 fully saturated rings. The summed E-state index contributed by atoms with van der Waals surface area (Å²) >= 11 is 9.13. The smallest absolute Gasteiger partial charge is 0.122 e. The number of hydrogen-bond acceptors (Lipinski definition) is 3. The van der Waals surface area contributed by atoms with Gasteiger partial charge in [0.05, 0.1) is 4.34 Å². The van der Waals surface area contributed by atoms with Crippen molar-refractivity contribution in [1.29, 1.82) is 0 Å². The molecule has 0 saturated carbocycles. The molecular formula is C14H11ClOS2. The van der Waals surface area contributed by atoms with E-state index in [1.165, 1.54) is 21.4 Å². The average molecular weight is 295 g/mol. The Morgan fingerprint density at radius 2 is 1.83 bits per heavy atom. The van der Waals surface area contributed by atoms with Gasteiger partial charge in [0.2, 0.25) is 0 Å². The van der Waals surface area contributed by atoms with Gasteiger partial charge in [0.25, 0.3) is 0 Å². The minimum absolute atomic E-state index is 0.571. The number of halogens is 1. The van der Waals surface area contributed by atoms with E-state index >= 15 is 0 Å². The van der Waals surface area contributed by atoms with Crippen LogP contribution in [0.4, 0.5) is 0 Å². The van der Waals surface area contributed by atoms with Crippen molar-refractivity contribution in [3.05, 3.63) is 56.1 Å². The highest BCUT2D eigenvalue weighted by Gasteiger charge is 2.17. The molecule has 0 spiro atoms. The van der Waals surface area contributed by atoms with E-state index in [1.54, 1.807) is 11.3 Å². The van der Waals surface area contributed by atoms with E-state index in [9.17, 15) is 5.11 Å². The lowest BCUT2D eigenvalue weighted by Gasteiger charge is -2.04. The molecule has 0 amide bonds. The van der Waals surface area contributed by atoms with Crippen LogP contribution in [0, 0.1) is 6.92 Å². The maximum Gasteiger partial charge on any atom is 0.122 e. The Hall–Kier alpha value is -0.870. The number of thiophene rings is 2. The van der Waals surface area contributed by atoms with E-state index in [1.807, 2.05) is 31.2 Å². The van der Waals surface area contributed by atoms with Crippen molar-refractivity contribution in [2.45, 2.75) is 13.0 Å². The number of aliphatic hydroxyl groups excluding tert-OH is 1. The largest absolute Gasteiger partial charge is 0.382 e. The minimum atomic E-state index is -0.571. The molecule has 92 valence electrons. The van der Waals surface area contributed by atoms with Crippen LogP contribution < -0.4 is 0 Å².